The zero-order chi connectivity index (χ0) is 18.2. The normalized spacial score (nSPS) is 15.4. The minimum atomic E-state index is 0.682. The Bertz CT molecular complexity index is 701. The number of nitrogens with one attached hydrogen (secondary N) is 2. The average Bonchev–Trinajstić information content (AvgIpc) is 3.30. The predicted molar refractivity (Wildman–Crippen MR) is 109 cm³/mol. The van der Waals surface area contributed by atoms with Crippen LogP contribution < -0.4 is 10.6 Å². The van der Waals surface area contributed by atoms with Gasteiger partial charge in [0, 0.05) is 18.0 Å². The lowest BCUT2D eigenvalue weighted by Crippen LogP contribution is -2.36. The molecule has 1 aliphatic rings. The molecule has 6 heteroatoms. The highest BCUT2D eigenvalue weighted by Crippen LogP contribution is 2.14. The quantitative estimate of drug-likeness (QED) is 0.579. The summed E-state index contributed by atoms with van der Waals surface area (Å²) < 4.78 is 0. The average molecular weight is 372 g/mol. The Morgan fingerprint density at radius 3 is 2.54 bits per heavy atom. The van der Waals surface area contributed by atoms with E-state index >= 15 is 0 Å². The van der Waals surface area contributed by atoms with Gasteiger partial charge in [0.15, 0.2) is 5.96 Å². The van der Waals surface area contributed by atoms with E-state index in [1.807, 2.05) is 12.4 Å². The van der Waals surface area contributed by atoms with E-state index in [-0.39, 0.29) is 0 Å². The molecule has 0 amide bonds. The second kappa shape index (κ2) is 9.69. The van der Waals surface area contributed by atoms with Crippen LogP contribution in [0.3, 0.4) is 0 Å². The van der Waals surface area contributed by atoms with Gasteiger partial charge in [-0.3, -0.25) is 4.90 Å². The molecule has 0 unspecified atom stereocenters. The van der Waals surface area contributed by atoms with Crippen LogP contribution in [0, 0.1) is 6.92 Å². The van der Waals surface area contributed by atoms with Crippen LogP contribution in [-0.2, 0) is 19.6 Å². The van der Waals surface area contributed by atoms with Crippen LogP contribution in [0.5, 0.6) is 0 Å². The number of benzene rings is 1. The fraction of sp³-hybridized carbons (Fsp3) is 0.500. The zero-order valence-corrected chi connectivity index (χ0v) is 16.6. The highest BCUT2D eigenvalue weighted by molar-refractivity contribution is 7.09. The smallest absolute Gasteiger partial charge is 0.191 e. The van der Waals surface area contributed by atoms with Crippen molar-refractivity contribution in [2.24, 2.45) is 4.99 Å². The summed E-state index contributed by atoms with van der Waals surface area (Å²) >= 11 is 1.68. The zero-order valence-electron chi connectivity index (χ0n) is 15.8. The highest BCUT2D eigenvalue weighted by atomic mass is 32.1. The van der Waals surface area contributed by atoms with E-state index in [4.69, 9.17) is 4.99 Å². The number of guanidine groups is 1. The molecule has 2 aromatic rings. The third-order valence-electron chi connectivity index (χ3n) is 4.65. The molecule has 0 saturated carbocycles. The topological polar surface area (TPSA) is 52.6 Å². The van der Waals surface area contributed by atoms with Crippen LogP contribution in [0.2, 0.25) is 0 Å². The Morgan fingerprint density at radius 1 is 1.15 bits per heavy atom. The van der Waals surface area contributed by atoms with Gasteiger partial charge in [0.2, 0.25) is 0 Å². The largest absolute Gasteiger partial charge is 0.357 e. The Morgan fingerprint density at radius 2 is 1.88 bits per heavy atom. The van der Waals surface area contributed by atoms with Crippen molar-refractivity contribution in [3.63, 3.8) is 0 Å². The summed E-state index contributed by atoms with van der Waals surface area (Å²) in [5.74, 6) is 0.849. The number of nitrogens with zero attached hydrogens (tertiary/aromatic N) is 3. The second-order valence-corrected chi connectivity index (χ2v) is 7.65. The van der Waals surface area contributed by atoms with Crippen LogP contribution >= 0.6 is 11.3 Å². The van der Waals surface area contributed by atoms with Gasteiger partial charge in [-0.25, -0.2) is 9.98 Å². The maximum Gasteiger partial charge on any atom is 0.191 e. The molecule has 0 atom stereocenters. The molecule has 1 aromatic carbocycles. The summed E-state index contributed by atoms with van der Waals surface area (Å²) in [5, 5.41) is 6.71. The van der Waals surface area contributed by atoms with Gasteiger partial charge in [0.25, 0.3) is 0 Å². The minimum Gasteiger partial charge on any atom is -0.357 e. The Kier molecular flexibility index (Phi) is 7.03. The second-order valence-electron chi connectivity index (χ2n) is 6.71. The molecule has 5 nitrogen and oxygen atoms in total. The van der Waals surface area contributed by atoms with Crippen molar-refractivity contribution in [3.8, 4) is 0 Å². The standard InChI is InChI=1S/C20H29N5S/c1-3-21-20(23-13-19-16(2)24-15-26-19)22-12-17-6-8-18(9-7-17)14-25-10-4-5-11-25/h6-9,15H,3-5,10-14H2,1-2H3,(H2,21,22,23). The molecule has 1 saturated heterocycles. The Hall–Kier alpha value is -1.92. The molecule has 2 heterocycles. The van der Waals surface area contributed by atoms with Crippen molar-refractivity contribution in [3.05, 3.63) is 51.5 Å². The van der Waals surface area contributed by atoms with Gasteiger partial charge in [-0.1, -0.05) is 24.3 Å². The summed E-state index contributed by atoms with van der Waals surface area (Å²) in [7, 11) is 0. The predicted octanol–water partition coefficient (Wildman–Crippen LogP) is 3.30. The number of aliphatic imine (C=N–C) groups is 1. The first-order chi connectivity index (χ1) is 12.7. The van der Waals surface area contributed by atoms with E-state index in [0.717, 1.165) is 31.3 Å². The van der Waals surface area contributed by atoms with Crippen LogP contribution in [0.1, 0.15) is 41.5 Å². The first kappa shape index (κ1) is 18.9. The molecule has 2 N–H and O–H groups in total. The van der Waals surface area contributed by atoms with E-state index in [2.05, 4.69) is 51.7 Å². The van der Waals surface area contributed by atoms with Crippen LogP contribution in [0.15, 0.2) is 34.8 Å². The van der Waals surface area contributed by atoms with Crippen molar-refractivity contribution < 1.29 is 0 Å². The molecule has 1 aliphatic heterocycles. The molecule has 1 aromatic heterocycles. The van der Waals surface area contributed by atoms with Crippen molar-refractivity contribution >= 4 is 17.3 Å². The summed E-state index contributed by atoms with van der Waals surface area (Å²) in [6.07, 6.45) is 2.68. The summed E-state index contributed by atoms with van der Waals surface area (Å²) in [5.41, 5.74) is 5.61. The molecule has 140 valence electrons. The Balaban J connectivity index is 1.53. The SMILES string of the molecule is CCNC(=NCc1ccc(CN2CCCC2)cc1)NCc1scnc1C. The number of likely N-dealkylation sites (tertiary alicyclic amines) is 1. The summed E-state index contributed by atoms with van der Waals surface area (Å²) in [4.78, 5) is 12.8. The molecule has 26 heavy (non-hydrogen) atoms. The van der Waals surface area contributed by atoms with Crippen molar-refractivity contribution in [2.45, 2.75) is 46.3 Å². The Labute approximate surface area is 160 Å². The van der Waals surface area contributed by atoms with Crippen molar-refractivity contribution in [1.29, 1.82) is 0 Å². The van der Waals surface area contributed by atoms with Crippen LogP contribution in [0.4, 0.5) is 0 Å². The van der Waals surface area contributed by atoms with Gasteiger partial charge in [-0.05, 0) is 50.9 Å². The van der Waals surface area contributed by atoms with Gasteiger partial charge in [-0.2, -0.15) is 0 Å². The lowest BCUT2D eigenvalue weighted by Gasteiger charge is -2.14. The van der Waals surface area contributed by atoms with Gasteiger partial charge in [0.1, 0.15) is 0 Å². The maximum absolute atomic E-state index is 4.71. The van der Waals surface area contributed by atoms with Crippen molar-refractivity contribution in [1.82, 2.24) is 20.5 Å². The fourth-order valence-electron chi connectivity index (χ4n) is 3.12. The summed E-state index contributed by atoms with van der Waals surface area (Å²) in [6, 6.07) is 8.88. The molecular formula is C20H29N5S. The number of hydrogen-bond acceptors (Lipinski definition) is 4. The van der Waals surface area contributed by atoms with E-state index < -0.39 is 0 Å². The number of aromatic nitrogens is 1. The van der Waals surface area contributed by atoms with Gasteiger partial charge >= 0.3 is 0 Å². The summed E-state index contributed by atoms with van der Waals surface area (Å²) in [6.45, 7) is 9.97. The third kappa shape index (κ3) is 5.54. The first-order valence-electron chi connectivity index (χ1n) is 9.46. The van der Waals surface area contributed by atoms with Crippen LogP contribution in [0.25, 0.3) is 0 Å². The molecule has 0 bridgehead atoms. The molecule has 3 rings (SSSR count). The molecule has 0 aliphatic carbocycles. The number of rotatable bonds is 7. The van der Waals surface area contributed by atoms with E-state index in [9.17, 15) is 0 Å². The first-order valence-corrected chi connectivity index (χ1v) is 10.3. The lowest BCUT2D eigenvalue weighted by atomic mass is 10.1. The van der Waals surface area contributed by atoms with Crippen LogP contribution in [-0.4, -0.2) is 35.5 Å². The maximum atomic E-state index is 4.71. The van der Waals surface area contributed by atoms with E-state index in [1.165, 1.54) is 41.9 Å². The van der Waals surface area contributed by atoms with Gasteiger partial charge in [-0.15, -0.1) is 11.3 Å². The van der Waals surface area contributed by atoms with Crippen molar-refractivity contribution in [2.75, 3.05) is 19.6 Å². The fourth-order valence-corrected chi connectivity index (χ4v) is 3.84. The monoisotopic (exact) mass is 371 g/mol. The highest BCUT2D eigenvalue weighted by Gasteiger charge is 2.11. The third-order valence-corrected chi connectivity index (χ3v) is 5.59. The minimum absolute atomic E-state index is 0.682. The number of aryl methyl sites for hydroxylation is 1. The number of thiazole rings is 1. The van der Waals surface area contributed by atoms with Gasteiger partial charge in [0.05, 0.1) is 24.3 Å². The molecule has 0 spiro atoms. The van der Waals surface area contributed by atoms with Gasteiger partial charge < -0.3 is 10.6 Å². The lowest BCUT2D eigenvalue weighted by molar-refractivity contribution is 0.331. The van der Waals surface area contributed by atoms with E-state index in [0.29, 0.717) is 6.54 Å². The molecule has 0 radical (unpaired) electrons. The van der Waals surface area contributed by atoms with E-state index in [1.54, 1.807) is 11.3 Å². The molecule has 1 fully saturated rings. The number of hydrogen-bond donors (Lipinski definition) is 2. The molecular weight excluding hydrogens is 342 g/mol.